The fourth-order valence-corrected chi connectivity index (χ4v) is 2.08. The molecule has 15 heavy (non-hydrogen) atoms. The number of nitrogens with one attached hydrogen (secondary N) is 2. The molecule has 1 aliphatic carbocycles. The van der Waals surface area contributed by atoms with Crippen molar-refractivity contribution in [1.82, 2.24) is 9.44 Å². The maximum Gasteiger partial charge on any atom is 0.320 e. The maximum absolute atomic E-state index is 11.2. The lowest BCUT2D eigenvalue weighted by Gasteiger charge is -2.08. The number of carboxylic acids is 1. The molecule has 0 saturated heterocycles. The van der Waals surface area contributed by atoms with Crippen LogP contribution in [0.15, 0.2) is 0 Å². The molecule has 7 nitrogen and oxygen atoms in total. The molecule has 1 fully saturated rings. The number of aliphatic carboxylic acids is 1. The number of hydrogen-bond donors (Lipinski definition) is 4. The Morgan fingerprint density at radius 1 is 1.53 bits per heavy atom. The highest BCUT2D eigenvalue weighted by Crippen LogP contribution is 2.19. The minimum atomic E-state index is -3.49. The smallest absolute Gasteiger partial charge is 0.320 e. The van der Waals surface area contributed by atoms with Gasteiger partial charge in [0.05, 0.1) is 0 Å². The Labute approximate surface area is 88.2 Å². The van der Waals surface area contributed by atoms with Crippen molar-refractivity contribution in [3.05, 3.63) is 0 Å². The van der Waals surface area contributed by atoms with E-state index in [9.17, 15) is 13.2 Å². The molecular formula is C7H15N3O4S. The van der Waals surface area contributed by atoms with Crippen LogP contribution in [0, 0.1) is 0 Å². The van der Waals surface area contributed by atoms with E-state index in [1.807, 2.05) is 0 Å². The number of carbonyl (C=O) groups is 1. The summed E-state index contributed by atoms with van der Waals surface area (Å²) in [6, 6.07) is -0.996. The van der Waals surface area contributed by atoms with Crippen molar-refractivity contribution in [2.45, 2.75) is 31.3 Å². The molecule has 0 amide bonds. The summed E-state index contributed by atoms with van der Waals surface area (Å²) < 4.78 is 27.1. The standard InChI is InChI=1S/C7H15N3O4S/c8-6(7(11)12)3-4-9-15(13,14)10-5-1-2-5/h5-6,9-10H,1-4,8H2,(H,11,12)/t6-/m0/s1. The molecule has 0 unspecified atom stereocenters. The summed E-state index contributed by atoms with van der Waals surface area (Å²) in [5.74, 6) is -1.13. The van der Waals surface area contributed by atoms with Crippen LogP contribution in [0.3, 0.4) is 0 Å². The Morgan fingerprint density at radius 3 is 2.60 bits per heavy atom. The molecule has 0 heterocycles. The quantitative estimate of drug-likeness (QED) is 0.424. The maximum atomic E-state index is 11.2. The van der Waals surface area contributed by atoms with E-state index < -0.39 is 22.2 Å². The van der Waals surface area contributed by atoms with Gasteiger partial charge in [-0.15, -0.1) is 0 Å². The fraction of sp³-hybridized carbons (Fsp3) is 0.857. The Hall–Kier alpha value is -0.700. The summed E-state index contributed by atoms with van der Waals surface area (Å²) in [7, 11) is -3.49. The molecule has 0 spiro atoms. The van der Waals surface area contributed by atoms with Crippen LogP contribution in [0.4, 0.5) is 0 Å². The minimum absolute atomic E-state index is 0.0233. The SMILES string of the molecule is N[C@@H](CCNS(=O)(=O)NC1CC1)C(=O)O. The van der Waals surface area contributed by atoms with Crippen molar-refractivity contribution in [2.75, 3.05) is 6.54 Å². The first-order chi connectivity index (χ1) is 6.91. The molecule has 1 aliphatic rings. The van der Waals surface area contributed by atoms with Crippen LogP contribution in [0.1, 0.15) is 19.3 Å². The second-order valence-corrected chi connectivity index (χ2v) is 5.05. The highest BCUT2D eigenvalue weighted by molar-refractivity contribution is 7.87. The van der Waals surface area contributed by atoms with Crippen molar-refractivity contribution < 1.29 is 18.3 Å². The summed E-state index contributed by atoms with van der Waals surface area (Å²) in [5.41, 5.74) is 5.20. The molecule has 0 radical (unpaired) electrons. The summed E-state index contributed by atoms with van der Waals surface area (Å²) in [6.07, 6.45) is 1.78. The van der Waals surface area contributed by atoms with Crippen LogP contribution in [-0.2, 0) is 15.0 Å². The summed E-state index contributed by atoms with van der Waals surface area (Å²) in [5, 5.41) is 8.45. The number of rotatable bonds is 7. The first kappa shape index (κ1) is 12.4. The number of carboxylic acid groups (broad SMARTS) is 1. The summed E-state index contributed by atoms with van der Waals surface area (Å²) in [4.78, 5) is 10.3. The number of nitrogens with two attached hydrogens (primary N) is 1. The van der Waals surface area contributed by atoms with Crippen LogP contribution in [-0.4, -0.2) is 38.1 Å². The van der Waals surface area contributed by atoms with Crippen LogP contribution >= 0.6 is 0 Å². The van der Waals surface area contributed by atoms with E-state index in [2.05, 4.69) is 9.44 Å². The van der Waals surface area contributed by atoms with E-state index in [1.165, 1.54) is 0 Å². The summed E-state index contributed by atoms with van der Waals surface area (Å²) in [6.45, 7) is 0.0233. The van der Waals surface area contributed by atoms with E-state index in [0.717, 1.165) is 12.8 Å². The highest BCUT2D eigenvalue weighted by atomic mass is 32.2. The van der Waals surface area contributed by atoms with E-state index >= 15 is 0 Å². The van der Waals surface area contributed by atoms with Crippen LogP contribution in [0.25, 0.3) is 0 Å². The van der Waals surface area contributed by atoms with E-state index in [-0.39, 0.29) is 19.0 Å². The average Bonchev–Trinajstić information content (AvgIpc) is 2.86. The molecule has 5 N–H and O–H groups in total. The van der Waals surface area contributed by atoms with Gasteiger partial charge in [-0.1, -0.05) is 0 Å². The van der Waals surface area contributed by atoms with E-state index in [1.54, 1.807) is 0 Å². The molecular weight excluding hydrogens is 222 g/mol. The second kappa shape index (κ2) is 4.88. The van der Waals surface area contributed by atoms with Crippen molar-refractivity contribution >= 4 is 16.2 Å². The third kappa shape index (κ3) is 5.07. The van der Waals surface area contributed by atoms with Crippen molar-refractivity contribution in [3.63, 3.8) is 0 Å². The van der Waals surface area contributed by atoms with E-state index in [0.29, 0.717) is 0 Å². The normalized spacial score (nSPS) is 18.7. The fourth-order valence-electron chi connectivity index (χ4n) is 0.935. The Kier molecular flexibility index (Phi) is 4.03. The van der Waals surface area contributed by atoms with Gasteiger partial charge in [-0.3, -0.25) is 4.79 Å². The monoisotopic (exact) mass is 237 g/mol. The first-order valence-electron chi connectivity index (χ1n) is 4.66. The lowest BCUT2D eigenvalue weighted by atomic mass is 10.2. The first-order valence-corrected chi connectivity index (χ1v) is 6.14. The molecule has 0 bridgehead atoms. The van der Waals surface area contributed by atoms with Crippen LogP contribution in [0.5, 0.6) is 0 Å². The van der Waals surface area contributed by atoms with Gasteiger partial charge < -0.3 is 10.8 Å². The summed E-state index contributed by atoms with van der Waals surface area (Å²) >= 11 is 0. The molecule has 0 aromatic rings. The highest BCUT2D eigenvalue weighted by Gasteiger charge is 2.26. The predicted octanol–water partition coefficient (Wildman–Crippen LogP) is -1.63. The molecule has 8 heteroatoms. The zero-order valence-electron chi connectivity index (χ0n) is 8.14. The van der Waals surface area contributed by atoms with Gasteiger partial charge in [0.15, 0.2) is 0 Å². The predicted molar refractivity (Wildman–Crippen MR) is 53.3 cm³/mol. The van der Waals surface area contributed by atoms with Gasteiger partial charge in [0.25, 0.3) is 10.2 Å². The van der Waals surface area contributed by atoms with Crippen molar-refractivity contribution in [1.29, 1.82) is 0 Å². The second-order valence-electron chi connectivity index (χ2n) is 3.52. The van der Waals surface area contributed by atoms with E-state index in [4.69, 9.17) is 10.8 Å². The average molecular weight is 237 g/mol. The largest absolute Gasteiger partial charge is 0.480 e. The van der Waals surface area contributed by atoms with Gasteiger partial charge >= 0.3 is 5.97 Å². The lowest BCUT2D eigenvalue weighted by molar-refractivity contribution is -0.138. The topological polar surface area (TPSA) is 122 Å². The van der Waals surface area contributed by atoms with Gasteiger partial charge in [0.2, 0.25) is 0 Å². The van der Waals surface area contributed by atoms with Crippen molar-refractivity contribution in [3.8, 4) is 0 Å². The van der Waals surface area contributed by atoms with Gasteiger partial charge in [0.1, 0.15) is 6.04 Å². The Morgan fingerprint density at radius 2 is 2.13 bits per heavy atom. The Balaban J connectivity index is 2.20. The Bertz CT molecular complexity index is 325. The van der Waals surface area contributed by atoms with Gasteiger partial charge in [0, 0.05) is 12.6 Å². The van der Waals surface area contributed by atoms with Crippen LogP contribution < -0.4 is 15.2 Å². The third-order valence-corrected chi connectivity index (χ3v) is 3.19. The number of hydrogen-bond acceptors (Lipinski definition) is 4. The molecule has 0 aliphatic heterocycles. The molecule has 1 rings (SSSR count). The molecule has 88 valence electrons. The molecule has 0 aromatic carbocycles. The molecule has 0 aromatic heterocycles. The van der Waals surface area contributed by atoms with Gasteiger partial charge in [-0.2, -0.15) is 13.1 Å². The van der Waals surface area contributed by atoms with Gasteiger partial charge in [-0.25, -0.2) is 4.72 Å². The minimum Gasteiger partial charge on any atom is -0.480 e. The van der Waals surface area contributed by atoms with Crippen LogP contribution in [0.2, 0.25) is 0 Å². The lowest BCUT2D eigenvalue weighted by Crippen LogP contribution is -2.41. The van der Waals surface area contributed by atoms with Crippen molar-refractivity contribution in [2.24, 2.45) is 5.73 Å². The third-order valence-electron chi connectivity index (χ3n) is 1.96. The molecule has 1 saturated carbocycles. The van der Waals surface area contributed by atoms with Gasteiger partial charge in [-0.05, 0) is 19.3 Å². The zero-order chi connectivity index (χ0) is 11.5. The zero-order valence-corrected chi connectivity index (χ0v) is 8.96. The molecule has 1 atom stereocenters.